The Hall–Kier alpha value is -0.770. The van der Waals surface area contributed by atoms with Crippen molar-refractivity contribution in [2.45, 2.75) is 50.3 Å². The Labute approximate surface area is 83.8 Å². The molecular weight excluding hydrogens is 182 g/mol. The summed E-state index contributed by atoms with van der Waals surface area (Å²) < 4.78 is 4.77. The monoisotopic (exact) mass is 199 g/mol. The van der Waals surface area contributed by atoms with Crippen LogP contribution in [0.1, 0.15) is 32.1 Å². The number of ether oxygens (including phenoxy) is 1. The molecule has 0 spiro atoms. The minimum Gasteiger partial charge on any atom is -0.453 e. The van der Waals surface area contributed by atoms with Gasteiger partial charge in [-0.05, 0) is 32.1 Å². The maximum absolute atomic E-state index is 11.5. The average molecular weight is 199 g/mol. The van der Waals surface area contributed by atoms with Gasteiger partial charge in [-0.2, -0.15) is 0 Å². The number of aliphatic hydroxyl groups excluding tert-OH is 1. The van der Waals surface area contributed by atoms with Crippen molar-refractivity contribution < 1.29 is 14.6 Å². The second kappa shape index (κ2) is 3.77. The van der Waals surface area contributed by atoms with Crippen LogP contribution in [0.15, 0.2) is 0 Å². The molecule has 2 aliphatic heterocycles. The van der Waals surface area contributed by atoms with Gasteiger partial charge in [0.05, 0.1) is 13.2 Å². The fourth-order valence-corrected chi connectivity index (χ4v) is 2.76. The van der Waals surface area contributed by atoms with Crippen LogP contribution in [-0.4, -0.2) is 41.4 Å². The lowest BCUT2D eigenvalue weighted by atomic mass is 9.83. The van der Waals surface area contributed by atoms with Gasteiger partial charge in [0.15, 0.2) is 0 Å². The second-order valence-electron chi connectivity index (χ2n) is 4.24. The Morgan fingerprint density at radius 2 is 1.93 bits per heavy atom. The molecule has 2 bridgehead atoms. The number of carbonyl (C=O) groups excluding carboxylic acids is 1. The Morgan fingerprint density at radius 3 is 2.43 bits per heavy atom. The lowest BCUT2D eigenvalue weighted by Crippen LogP contribution is -2.55. The number of rotatable bonds is 0. The van der Waals surface area contributed by atoms with Gasteiger partial charge >= 0.3 is 6.09 Å². The van der Waals surface area contributed by atoms with E-state index in [0.717, 1.165) is 19.3 Å². The summed E-state index contributed by atoms with van der Waals surface area (Å²) in [6.07, 6.45) is 4.13. The Balaban J connectivity index is 2.12. The lowest BCUT2D eigenvalue weighted by Gasteiger charge is -2.46. The number of aliphatic hydroxyl groups is 1. The zero-order chi connectivity index (χ0) is 10.1. The van der Waals surface area contributed by atoms with E-state index in [1.165, 1.54) is 7.11 Å². The lowest BCUT2D eigenvalue weighted by molar-refractivity contribution is -0.0194. The first-order valence-corrected chi connectivity index (χ1v) is 5.26. The maximum atomic E-state index is 11.5. The molecule has 0 aliphatic carbocycles. The largest absolute Gasteiger partial charge is 0.453 e. The van der Waals surface area contributed by atoms with Crippen LogP contribution >= 0.6 is 0 Å². The Kier molecular flexibility index (Phi) is 2.63. The van der Waals surface area contributed by atoms with Crippen molar-refractivity contribution in [2.75, 3.05) is 7.11 Å². The third kappa shape index (κ3) is 1.59. The van der Waals surface area contributed by atoms with E-state index < -0.39 is 0 Å². The molecular formula is C10H17NO3. The van der Waals surface area contributed by atoms with Crippen molar-refractivity contribution in [1.82, 2.24) is 4.90 Å². The molecule has 2 heterocycles. The highest BCUT2D eigenvalue weighted by Gasteiger charge is 2.40. The van der Waals surface area contributed by atoms with Gasteiger partial charge in [0, 0.05) is 12.1 Å². The molecule has 80 valence electrons. The van der Waals surface area contributed by atoms with Gasteiger partial charge < -0.3 is 14.7 Å². The average Bonchev–Trinajstić information content (AvgIpc) is 2.15. The first kappa shape index (κ1) is 9.77. The molecule has 14 heavy (non-hydrogen) atoms. The summed E-state index contributed by atoms with van der Waals surface area (Å²) in [5, 5.41) is 9.61. The SMILES string of the molecule is COC(=O)N1[C@H]2CCC[C@H]1CC(O)C2. The number of hydrogen-bond donors (Lipinski definition) is 1. The van der Waals surface area contributed by atoms with E-state index in [9.17, 15) is 9.90 Å². The number of nitrogens with zero attached hydrogens (tertiary/aromatic N) is 1. The Morgan fingerprint density at radius 1 is 1.36 bits per heavy atom. The van der Waals surface area contributed by atoms with Gasteiger partial charge in [-0.15, -0.1) is 0 Å². The number of hydrogen-bond acceptors (Lipinski definition) is 3. The molecule has 1 N–H and O–H groups in total. The van der Waals surface area contributed by atoms with E-state index in [4.69, 9.17) is 4.74 Å². The smallest absolute Gasteiger partial charge is 0.409 e. The van der Waals surface area contributed by atoms with Gasteiger partial charge in [-0.25, -0.2) is 4.79 Å². The van der Waals surface area contributed by atoms with Crippen molar-refractivity contribution >= 4 is 6.09 Å². The third-order valence-corrected chi connectivity index (χ3v) is 3.34. The topological polar surface area (TPSA) is 49.8 Å². The minimum atomic E-state index is -0.230. The van der Waals surface area contributed by atoms with E-state index in [2.05, 4.69) is 0 Å². The molecule has 2 fully saturated rings. The number of fused-ring (bicyclic) bond motifs is 2. The van der Waals surface area contributed by atoms with Crippen molar-refractivity contribution in [3.8, 4) is 0 Å². The summed E-state index contributed by atoms with van der Waals surface area (Å²) >= 11 is 0. The summed E-state index contributed by atoms with van der Waals surface area (Å²) in [6.45, 7) is 0. The third-order valence-electron chi connectivity index (χ3n) is 3.34. The predicted molar refractivity (Wildman–Crippen MR) is 50.9 cm³/mol. The summed E-state index contributed by atoms with van der Waals surface area (Å²) in [5.74, 6) is 0. The highest BCUT2D eigenvalue weighted by molar-refractivity contribution is 5.68. The first-order chi connectivity index (χ1) is 6.72. The number of amides is 1. The highest BCUT2D eigenvalue weighted by atomic mass is 16.5. The van der Waals surface area contributed by atoms with Crippen LogP contribution in [0.4, 0.5) is 4.79 Å². The van der Waals surface area contributed by atoms with Crippen molar-refractivity contribution in [1.29, 1.82) is 0 Å². The highest BCUT2D eigenvalue weighted by Crippen LogP contribution is 2.34. The van der Waals surface area contributed by atoms with Gasteiger partial charge in [-0.3, -0.25) is 0 Å². The normalized spacial score (nSPS) is 36.7. The maximum Gasteiger partial charge on any atom is 0.409 e. The zero-order valence-corrected chi connectivity index (χ0v) is 8.48. The van der Waals surface area contributed by atoms with E-state index >= 15 is 0 Å². The molecule has 4 nitrogen and oxygen atoms in total. The fraction of sp³-hybridized carbons (Fsp3) is 0.900. The van der Waals surface area contributed by atoms with Gasteiger partial charge in [0.25, 0.3) is 0 Å². The molecule has 0 radical (unpaired) electrons. The van der Waals surface area contributed by atoms with Crippen LogP contribution in [-0.2, 0) is 4.74 Å². The zero-order valence-electron chi connectivity index (χ0n) is 8.48. The second-order valence-corrected chi connectivity index (χ2v) is 4.24. The molecule has 0 aromatic carbocycles. The van der Waals surface area contributed by atoms with Crippen molar-refractivity contribution in [3.63, 3.8) is 0 Å². The van der Waals surface area contributed by atoms with E-state index in [1.54, 1.807) is 0 Å². The summed E-state index contributed by atoms with van der Waals surface area (Å²) in [5.41, 5.74) is 0. The summed E-state index contributed by atoms with van der Waals surface area (Å²) in [7, 11) is 1.42. The van der Waals surface area contributed by atoms with Crippen LogP contribution < -0.4 is 0 Å². The molecule has 2 saturated heterocycles. The summed E-state index contributed by atoms with van der Waals surface area (Å²) in [6, 6.07) is 0.398. The minimum absolute atomic E-state index is 0.199. The first-order valence-electron chi connectivity index (χ1n) is 5.26. The molecule has 2 aliphatic rings. The predicted octanol–water partition coefficient (Wildman–Crippen LogP) is 1.13. The molecule has 4 heteroatoms. The molecule has 1 amide bonds. The quantitative estimate of drug-likeness (QED) is 0.636. The molecule has 0 aromatic heterocycles. The van der Waals surface area contributed by atoms with Crippen LogP contribution in [0.5, 0.6) is 0 Å². The van der Waals surface area contributed by atoms with E-state index in [-0.39, 0.29) is 24.3 Å². The molecule has 2 atom stereocenters. The van der Waals surface area contributed by atoms with Crippen molar-refractivity contribution in [3.05, 3.63) is 0 Å². The van der Waals surface area contributed by atoms with Gasteiger partial charge in [0.1, 0.15) is 0 Å². The van der Waals surface area contributed by atoms with Crippen LogP contribution in [0.3, 0.4) is 0 Å². The van der Waals surface area contributed by atoms with E-state index in [0.29, 0.717) is 12.8 Å². The number of carbonyl (C=O) groups is 1. The summed E-state index contributed by atoms with van der Waals surface area (Å²) in [4.78, 5) is 13.3. The van der Waals surface area contributed by atoms with Gasteiger partial charge in [0.2, 0.25) is 0 Å². The fourth-order valence-electron chi connectivity index (χ4n) is 2.76. The van der Waals surface area contributed by atoms with E-state index in [1.807, 2.05) is 4.90 Å². The Bertz CT molecular complexity index is 217. The molecule has 0 aromatic rings. The molecule has 2 rings (SSSR count). The number of methoxy groups -OCH3 is 1. The van der Waals surface area contributed by atoms with Crippen LogP contribution in [0.2, 0.25) is 0 Å². The molecule has 0 unspecified atom stereocenters. The van der Waals surface area contributed by atoms with Crippen molar-refractivity contribution in [2.24, 2.45) is 0 Å². The van der Waals surface area contributed by atoms with Crippen LogP contribution in [0.25, 0.3) is 0 Å². The molecule has 0 saturated carbocycles. The standard InChI is InChI=1S/C10H17NO3/c1-14-10(13)11-7-3-2-4-8(11)6-9(12)5-7/h7-9,12H,2-6H2,1H3/t7-,8-/m0/s1. The number of piperidine rings is 2. The van der Waals surface area contributed by atoms with Crippen LogP contribution in [0, 0.1) is 0 Å². The van der Waals surface area contributed by atoms with Gasteiger partial charge in [-0.1, -0.05) is 0 Å².